The fourth-order valence-electron chi connectivity index (χ4n) is 1.69. The zero-order valence-corrected chi connectivity index (χ0v) is 11.0. The first kappa shape index (κ1) is 12.4. The lowest BCUT2D eigenvalue weighted by Gasteiger charge is -2.22. The highest BCUT2D eigenvalue weighted by Crippen LogP contribution is 2.35. The van der Waals surface area contributed by atoms with Gasteiger partial charge in [-0.25, -0.2) is 0 Å². The lowest BCUT2D eigenvalue weighted by atomic mass is 9.84. The quantitative estimate of drug-likeness (QED) is 0.823. The van der Waals surface area contributed by atoms with Gasteiger partial charge in [0.25, 0.3) is 0 Å². The van der Waals surface area contributed by atoms with Crippen LogP contribution in [0.1, 0.15) is 37.5 Å². The molecular formula is C13H20OS. The molecule has 0 radical (unpaired) electrons. The van der Waals surface area contributed by atoms with Crippen molar-refractivity contribution in [1.29, 1.82) is 0 Å². The first-order valence-corrected chi connectivity index (χ1v) is 6.57. The predicted octanol–water partition coefficient (Wildman–Crippen LogP) is 3.86. The van der Waals surface area contributed by atoms with Crippen molar-refractivity contribution in [2.24, 2.45) is 0 Å². The van der Waals surface area contributed by atoms with E-state index in [1.165, 1.54) is 5.56 Å². The average molecular weight is 224 g/mol. The molecule has 0 aliphatic heterocycles. The van der Waals surface area contributed by atoms with Crippen LogP contribution in [0.15, 0.2) is 12.1 Å². The Hall–Kier alpha value is -0.630. The normalized spacial score (nSPS) is 11.8. The third kappa shape index (κ3) is 2.91. The largest absolute Gasteiger partial charge is 0.507 e. The van der Waals surface area contributed by atoms with Crippen LogP contribution < -0.4 is 0 Å². The van der Waals surface area contributed by atoms with E-state index in [1.807, 2.05) is 0 Å². The molecule has 1 aromatic rings. The van der Waals surface area contributed by atoms with Crippen LogP contribution in [0, 0.1) is 6.92 Å². The molecule has 15 heavy (non-hydrogen) atoms. The highest BCUT2D eigenvalue weighted by Gasteiger charge is 2.20. The van der Waals surface area contributed by atoms with Crippen molar-refractivity contribution in [3.05, 3.63) is 28.8 Å². The van der Waals surface area contributed by atoms with Gasteiger partial charge in [0.05, 0.1) is 0 Å². The SMILES string of the molecule is CSCc1cc(C)cc(C(C)(C)C)c1O. The summed E-state index contributed by atoms with van der Waals surface area (Å²) in [5, 5.41) is 10.2. The summed E-state index contributed by atoms with van der Waals surface area (Å²) in [4.78, 5) is 0. The standard InChI is InChI=1S/C13H20OS/c1-9-6-10(8-15-5)12(14)11(7-9)13(2,3)4/h6-7,14H,8H2,1-5H3. The molecule has 84 valence electrons. The van der Waals surface area contributed by atoms with E-state index in [1.54, 1.807) is 11.8 Å². The number of aromatic hydroxyl groups is 1. The summed E-state index contributed by atoms with van der Waals surface area (Å²) in [6.45, 7) is 8.47. The maximum atomic E-state index is 10.2. The third-order valence-electron chi connectivity index (χ3n) is 2.44. The summed E-state index contributed by atoms with van der Waals surface area (Å²) in [5.41, 5.74) is 3.32. The zero-order chi connectivity index (χ0) is 11.6. The van der Waals surface area contributed by atoms with E-state index < -0.39 is 0 Å². The monoisotopic (exact) mass is 224 g/mol. The molecule has 1 rings (SSSR count). The minimum Gasteiger partial charge on any atom is -0.507 e. The van der Waals surface area contributed by atoms with E-state index in [-0.39, 0.29) is 5.41 Å². The van der Waals surface area contributed by atoms with Gasteiger partial charge in [-0.3, -0.25) is 0 Å². The van der Waals surface area contributed by atoms with Crippen molar-refractivity contribution in [2.75, 3.05) is 6.26 Å². The van der Waals surface area contributed by atoms with Gasteiger partial charge in [-0.15, -0.1) is 0 Å². The van der Waals surface area contributed by atoms with E-state index in [2.05, 4.69) is 46.1 Å². The van der Waals surface area contributed by atoms with Gasteiger partial charge in [0.2, 0.25) is 0 Å². The Bertz CT molecular complexity index is 350. The molecular weight excluding hydrogens is 204 g/mol. The molecule has 1 N–H and O–H groups in total. The first-order valence-electron chi connectivity index (χ1n) is 5.18. The number of benzene rings is 1. The summed E-state index contributed by atoms with van der Waals surface area (Å²) in [6.07, 6.45) is 2.05. The molecule has 2 heteroatoms. The van der Waals surface area contributed by atoms with Crippen molar-refractivity contribution >= 4 is 11.8 Å². The molecule has 0 aromatic heterocycles. The van der Waals surface area contributed by atoms with Gasteiger partial charge >= 0.3 is 0 Å². The number of aryl methyl sites for hydroxylation is 1. The molecule has 0 heterocycles. The summed E-state index contributed by atoms with van der Waals surface area (Å²) >= 11 is 1.74. The Kier molecular flexibility index (Phi) is 3.72. The molecule has 0 amide bonds. The van der Waals surface area contributed by atoms with Gasteiger partial charge in [0.15, 0.2) is 0 Å². The average Bonchev–Trinajstić information content (AvgIpc) is 2.09. The molecule has 0 aliphatic carbocycles. The minimum atomic E-state index is 0.00324. The summed E-state index contributed by atoms with van der Waals surface area (Å²) in [7, 11) is 0. The molecule has 0 saturated carbocycles. The Labute approximate surface area is 96.9 Å². The van der Waals surface area contributed by atoms with Crippen molar-refractivity contribution in [3.8, 4) is 5.75 Å². The summed E-state index contributed by atoms with van der Waals surface area (Å²) < 4.78 is 0. The molecule has 1 aromatic carbocycles. The van der Waals surface area contributed by atoms with Crippen LogP contribution in [0.2, 0.25) is 0 Å². The molecule has 0 atom stereocenters. The number of phenolic OH excluding ortho intramolecular Hbond substituents is 1. The van der Waals surface area contributed by atoms with Crippen LogP contribution in [-0.2, 0) is 11.2 Å². The van der Waals surface area contributed by atoms with E-state index in [4.69, 9.17) is 0 Å². The van der Waals surface area contributed by atoms with Gasteiger partial charge in [0, 0.05) is 11.3 Å². The van der Waals surface area contributed by atoms with Crippen molar-refractivity contribution in [3.63, 3.8) is 0 Å². The van der Waals surface area contributed by atoms with E-state index >= 15 is 0 Å². The molecule has 0 spiro atoms. The zero-order valence-electron chi connectivity index (χ0n) is 10.2. The van der Waals surface area contributed by atoms with E-state index in [0.717, 1.165) is 16.9 Å². The maximum absolute atomic E-state index is 10.2. The lowest BCUT2D eigenvalue weighted by molar-refractivity contribution is 0.442. The lowest BCUT2D eigenvalue weighted by Crippen LogP contribution is -2.12. The highest BCUT2D eigenvalue weighted by molar-refractivity contribution is 7.97. The minimum absolute atomic E-state index is 0.00324. The van der Waals surface area contributed by atoms with Crippen LogP contribution in [-0.4, -0.2) is 11.4 Å². The Morgan fingerprint density at radius 1 is 1.27 bits per heavy atom. The van der Waals surface area contributed by atoms with Crippen molar-refractivity contribution in [1.82, 2.24) is 0 Å². The van der Waals surface area contributed by atoms with Crippen LogP contribution in [0.25, 0.3) is 0 Å². The van der Waals surface area contributed by atoms with Gasteiger partial charge in [-0.2, -0.15) is 11.8 Å². The first-order chi connectivity index (χ1) is 6.86. The van der Waals surface area contributed by atoms with Crippen LogP contribution in [0.4, 0.5) is 0 Å². The van der Waals surface area contributed by atoms with Crippen LogP contribution in [0.5, 0.6) is 5.75 Å². The van der Waals surface area contributed by atoms with Crippen molar-refractivity contribution in [2.45, 2.75) is 38.9 Å². The molecule has 0 bridgehead atoms. The van der Waals surface area contributed by atoms with E-state index in [0.29, 0.717) is 5.75 Å². The van der Waals surface area contributed by atoms with Crippen LogP contribution in [0.3, 0.4) is 0 Å². The molecule has 0 aliphatic rings. The Balaban J connectivity index is 3.28. The highest BCUT2D eigenvalue weighted by atomic mass is 32.2. The number of hydrogen-bond donors (Lipinski definition) is 1. The molecule has 1 nitrogen and oxygen atoms in total. The molecule has 0 unspecified atom stereocenters. The van der Waals surface area contributed by atoms with Crippen LogP contribution >= 0.6 is 11.8 Å². The smallest absolute Gasteiger partial charge is 0.123 e. The number of phenols is 1. The summed E-state index contributed by atoms with van der Waals surface area (Å²) in [6, 6.07) is 4.15. The van der Waals surface area contributed by atoms with Gasteiger partial charge < -0.3 is 5.11 Å². The second kappa shape index (κ2) is 4.48. The van der Waals surface area contributed by atoms with Gasteiger partial charge in [-0.05, 0) is 24.2 Å². The van der Waals surface area contributed by atoms with Gasteiger partial charge in [-0.1, -0.05) is 38.5 Å². The summed E-state index contributed by atoms with van der Waals surface area (Å²) in [5.74, 6) is 1.35. The third-order valence-corrected chi connectivity index (χ3v) is 3.04. The fourth-order valence-corrected chi connectivity index (χ4v) is 2.22. The topological polar surface area (TPSA) is 20.2 Å². The molecule has 0 saturated heterocycles. The maximum Gasteiger partial charge on any atom is 0.123 e. The number of rotatable bonds is 2. The van der Waals surface area contributed by atoms with Crippen molar-refractivity contribution < 1.29 is 5.11 Å². The Morgan fingerprint density at radius 3 is 2.33 bits per heavy atom. The van der Waals surface area contributed by atoms with Gasteiger partial charge in [0.1, 0.15) is 5.75 Å². The molecule has 0 fully saturated rings. The Morgan fingerprint density at radius 2 is 1.87 bits per heavy atom. The number of hydrogen-bond acceptors (Lipinski definition) is 2. The second-order valence-electron chi connectivity index (χ2n) is 5.00. The fraction of sp³-hybridized carbons (Fsp3) is 0.538. The number of thioether (sulfide) groups is 1. The second-order valence-corrected chi connectivity index (χ2v) is 5.87. The predicted molar refractivity (Wildman–Crippen MR) is 68.8 cm³/mol. The van der Waals surface area contributed by atoms with E-state index in [9.17, 15) is 5.11 Å².